The summed E-state index contributed by atoms with van der Waals surface area (Å²) >= 11 is 0. The first-order chi connectivity index (χ1) is 12.7. The molecule has 0 amide bonds. The van der Waals surface area contributed by atoms with Gasteiger partial charge in [0.25, 0.3) is 0 Å². The number of halogens is 1. The number of nitrogens with two attached hydrogens (primary N) is 1. The van der Waals surface area contributed by atoms with Gasteiger partial charge in [0.1, 0.15) is 5.82 Å². The van der Waals surface area contributed by atoms with Crippen LogP contribution in [0.15, 0.2) is 42.5 Å². The highest BCUT2D eigenvalue weighted by Crippen LogP contribution is 2.32. The zero-order chi connectivity index (χ0) is 18.5. The van der Waals surface area contributed by atoms with E-state index in [-0.39, 0.29) is 11.9 Å². The average Bonchev–Trinajstić information content (AvgIpc) is 2.69. The molecule has 1 unspecified atom stereocenters. The van der Waals surface area contributed by atoms with Crippen LogP contribution in [0.25, 0.3) is 0 Å². The lowest BCUT2D eigenvalue weighted by molar-refractivity contribution is 0.190. The van der Waals surface area contributed by atoms with Gasteiger partial charge in [0.05, 0.1) is 14.2 Å². The van der Waals surface area contributed by atoms with E-state index in [4.69, 9.17) is 15.2 Å². The normalized spacial score (nSPS) is 16.4. The molecular formula is C20H26FN3O2. The van der Waals surface area contributed by atoms with Crippen LogP contribution in [0.5, 0.6) is 11.5 Å². The second-order valence-electron chi connectivity index (χ2n) is 6.37. The molecule has 0 radical (unpaired) electrons. The smallest absolute Gasteiger partial charge is 0.161 e. The molecule has 1 aliphatic rings. The Morgan fingerprint density at radius 3 is 2.19 bits per heavy atom. The van der Waals surface area contributed by atoms with Gasteiger partial charge in [-0.05, 0) is 42.0 Å². The summed E-state index contributed by atoms with van der Waals surface area (Å²) in [4.78, 5) is 4.67. The summed E-state index contributed by atoms with van der Waals surface area (Å²) < 4.78 is 23.8. The van der Waals surface area contributed by atoms with Crippen molar-refractivity contribution in [3.63, 3.8) is 0 Å². The van der Waals surface area contributed by atoms with E-state index < -0.39 is 0 Å². The molecule has 5 nitrogen and oxygen atoms in total. The standard InChI is InChI=1S/C20H26FN3O2/c1-25-19-8-3-15(13-20(19)26-2)18(14-22)24-11-9-23(10-12-24)17-6-4-16(21)5-7-17/h3-8,13,18H,9-12,14,22H2,1-2H3. The van der Waals surface area contributed by atoms with Crippen LogP contribution in [0.1, 0.15) is 11.6 Å². The highest BCUT2D eigenvalue weighted by Gasteiger charge is 2.25. The van der Waals surface area contributed by atoms with Crippen molar-refractivity contribution in [3.8, 4) is 11.5 Å². The number of hydrogen-bond donors (Lipinski definition) is 1. The summed E-state index contributed by atoms with van der Waals surface area (Å²) in [6.45, 7) is 4.10. The van der Waals surface area contributed by atoms with Crippen LogP contribution < -0.4 is 20.1 Å². The van der Waals surface area contributed by atoms with Crippen molar-refractivity contribution in [1.29, 1.82) is 0 Å². The van der Waals surface area contributed by atoms with Gasteiger partial charge in [-0.15, -0.1) is 0 Å². The molecule has 1 aliphatic heterocycles. The van der Waals surface area contributed by atoms with E-state index in [9.17, 15) is 4.39 Å². The average molecular weight is 359 g/mol. The van der Waals surface area contributed by atoms with Crippen molar-refractivity contribution in [1.82, 2.24) is 4.90 Å². The highest BCUT2D eigenvalue weighted by molar-refractivity contribution is 5.47. The van der Waals surface area contributed by atoms with Crippen molar-refractivity contribution < 1.29 is 13.9 Å². The van der Waals surface area contributed by atoms with Crippen LogP contribution in [0.4, 0.5) is 10.1 Å². The maximum atomic E-state index is 13.1. The van der Waals surface area contributed by atoms with Crippen LogP contribution in [-0.2, 0) is 0 Å². The second kappa shape index (κ2) is 8.38. The van der Waals surface area contributed by atoms with Crippen molar-refractivity contribution in [2.24, 2.45) is 5.73 Å². The van der Waals surface area contributed by atoms with E-state index in [0.29, 0.717) is 18.0 Å². The van der Waals surface area contributed by atoms with E-state index in [2.05, 4.69) is 9.80 Å². The highest BCUT2D eigenvalue weighted by atomic mass is 19.1. The third-order valence-electron chi connectivity index (χ3n) is 4.96. The number of hydrogen-bond acceptors (Lipinski definition) is 5. The minimum absolute atomic E-state index is 0.130. The van der Waals surface area contributed by atoms with Crippen molar-refractivity contribution in [2.75, 3.05) is 51.8 Å². The number of piperazine rings is 1. The molecule has 0 aliphatic carbocycles. The number of ether oxygens (including phenoxy) is 2. The van der Waals surface area contributed by atoms with Crippen LogP contribution in [0.3, 0.4) is 0 Å². The van der Waals surface area contributed by atoms with E-state index in [1.807, 2.05) is 30.3 Å². The molecule has 1 atom stereocenters. The number of methoxy groups -OCH3 is 2. The lowest BCUT2D eigenvalue weighted by Gasteiger charge is -2.40. The maximum Gasteiger partial charge on any atom is 0.161 e. The Hall–Kier alpha value is -2.31. The Labute approximate surface area is 154 Å². The third kappa shape index (κ3) is 3.92. The number of benzene rings is 2. The summed E-state index contributed by atoms with van der Waals surface area (Å²) in [5.41, 5.74) is 8.27. The molecule has 1 heterocycles. The van der Waals surface area contributed by atoms with Crippen LogP contribution >= 0.6 is 0 Å². The predicted molar refractivity (Wildman–Crippen MR) is 102 cm³/mol. The van der Waals surface area contributed by atoms with Gasteiger partial charge in [0.2, 0.25) is 0 Å². The number of anilines is 1. The molecule has 2 aromatic carbocycles. The van der Waals surface area contributed by atoms with E-state index >= 15 is 0 Å². The monoisotopic (exact) mass is 359 g/mol. The lowest BCUT2D eigenvalue weighted by Crippen LogP contribution is -2.49. The molecule has 1 fully saturated rings. The first kappa shape index (κ1) is 18.5. The van der Waals surface area contributed by atoms with Gasteiger partial charge in [-0.1, -0.05) is 6.07 Å². The van der Waals surface area contributed by atoms with E-state index in [1.54, 1.807) is 14.2 Å². The predicted octanol–water partition coefficient (Wildman–Crippen LogP) is 2.66. The largest absolute Gasteiger partial charge is 0.493 e. The van der Waals surface area contributed by atoms with E-state index in [0.717, 1.165) is 37.4 Å². The minimum Gasteiger partial charge on any atom is -0.493 e. The van der Waals surface area contributed by atoms with Crippen LogP contribution in [-0.4, -0.2) is 51.8 Å². The van der Waals surface area contributed by atoms with Crippen molar-refractivity contribution >= 4 is 5.69 Å². The zero-order valence-corrected chi connectivity index (χ0v) is 15.3. The summed E-state index contributed by atoms with van der Waals surface area (Å²) in [6.07, 6.45) is 0. The molecule has 3 rings (SSSR count). The molecule has 1 saturated heterocycles. The lowest BCUT2D eigenvalue weighted by atomic mass is 10.0. The molecule has 2 aromatic rings. The summed E-state index contributed by atoms with van der Waals surface area (Å²) in [7, 11) is 3.27. The first-order valence-corrected chi connectivity index (χ1v) is 8.83. The Kier molecular flexibility index (Phi) is 5.96. The van der Waals surface area contributed by atoms with Gasteiger partial charge in [-0.25, -0.2) is 4.39 Å². The number of nitrogens with zero attached hydrogens (tertiary/aromatic N) is 2. The Morgan fingerprint density at radius 2 is 1.62 bits per heavy atom. The maximum absolute atomic E-state index is 13.1. The summed E-state index contributed by atoms with van der Waals surface area (Å²) in [5.74, 6) is 1.23. The summed E-state index contributed by atoms with van der Waals surface area (Å²) in [5, 5.41) is 0. The minimum atomic E-state index is -0.205. The van der Waals surface area contributed by atoms with Gasteiger partial charge < -0.3 is 20.1 Å². The fourth-order valence-corrected chi connectivity index (χ4v) is 3.50. The zero-order valence-electron chi connectivity index (χ0n) is 15.3. The van der Waals surface area contributed by atoms with Crippen molar-refractivity contribution in [2.45, 2.75) is 6.04 Å². The molecule has 0 saturated carbocycles. The molecule has 6 heteroatoms. The van der Waals surface area contributed by atoms with Gasteiger partial charge in [-0.2, -0.15) is 0 Å². The SMILES string of the molecule is COc1ccc(C(CN)N2CCN(c3ccc(F)cc3)CC2)cc1OC. The molecule has 26 heavy (non-hydrogen) atoms. The third-order valence-corrected chi connectivity index (χ3v) is 4.96. The Bertz CT molecular complexity index is 715. The van der Waals surface area contributed by atoms with Crippen molar-refractivity contribution in [3.05, 3.63) is 53.8 Å². The van der Waals surface area contributed by atoms with E-state index in [1.165, 1.54) is 12.1 Å². The van der Waals surface area contributed by atoms with Gasteiger partial charge >= 0.3 is 0 Å². The Morgan fingerprint density at radius 1 is 0.962 bits per heavy atom. The fraction of sp³-hybridized carbons (Fsp3) is 0.400. The second-order valence-corrected chi connectivity index (χ2v) is 6.37. The van der Waals surface area contributed by atoms with Crippen LogP contribution in [0.2, 0.25) is 0 Å². The van der Waals surface area contributed by atoms with Gasteiger partial charge in [0.15, 0.2) is 11.5 Å². The summed E-state index contributed by atoms with van der Waals surface area (Å²) in [6, 6.07) is 12.8. The first-order valence-electron chi connectivity index (χ1n) is 8.83. The van der Waals surface area contributed by atoms with Gasteiger partial charge in [0, 0.05) is 44.5 Å². The molecule has 140 valence electrons. The molecular weight excluding hydrogens is 333 g/mol. The molecule has 0 aromatic heterocycles. The Balaban J connectivity index is 1.69. The van der Waals surface area contributed by atoms with Crippen LogP contribution in [0, 0.1) is 5.82 Å². The molecule has 0 spiro atoms. The fourth-order valence-electron chi connectivity index (χ4n) is 3.50. The molecule has 0 bridgehead atoms. The quantitative estimate of drug-likeness (QED) is 0.859. The number of rotatable bonds is 6. The molecule has 2 N–H and O–H groups in total. The van der Waals surface area contributed by atoms with Gasteiger partial charge in [-0.3, -0.25) is 4.90 Å². The topological polar surface area (TPSA) is 51.0 Å².